The highest BCUT2D eigenvalue weighted by Crippen LogP contribution is 2.33. The number of carbonyl (C=O) groups is 2. The fraction of sp³-hybridized carbons (Fsp3) is 0.278. The van der Waals surface area contributed by atoms with Gasteiger partial charge >= 0.3 is 5.97 Å². The van der Waals surface area contributed by atoms with Crippen molar-refractivity contribution in [2.24, 2.45) is 0 Å². The SMILES string of the molecule is COC(=O)c1c(NC(=O)Cn2c(C)nc3ccccc32)sc(C)c1C. The average Bonchev–Trinajstić information content (AvgIpc) is 3.04. The molecule has 1 aromatic carbocycles. The maximum atomic E-state index is 12.6. The lowest BCUT2D eigenvalue weighted by Gasteiger charge is -2.09. The van der Waals surface area contributed by atoms with E-state index in [9.17, 15) is 9.59 Å². The number of nitrogens with zero attached hydrogens (tertiary/aromatic N) is 2. The standard InChI is InChI=1S/C18H19N3O3S/c1-10-11(2)25-17(16(10)18(23)24-4)20-15(22)9-21-12(3)19-13-7-5-6-8-14(13)21/h5-8H,9H2,1-4H3,(H,20,22). The number of esters is 1. The zero-order valence-corrected chi connectivity index (χ0v) is 15.4. The molecule has 0 saturated carbocycles. The van der Waals surface area contributed by atoms with E-state index in [0.29, 0.717) is 10.6 Å². The molecule has 0 aliphatic carbocycles. The molecule has 3 rings (SSSR count). The number of carbonyl (C=O) groups excluding carboxylic acids is 2. The summed E-state index contributed by atoms with van der Waals surface area (Å²) in [7, 11) is 1.33. The number of benzene rings is 1. The predicted molar refractivity (Wildman–Crippen MR) is 98.2 cm³/mol. The summed E-state index contributed by atoms with van der Waals surface area (Å²) in [5, 5.41) is 3.37. The van der Waals surface area contributed by atoms with Gasteiger partial charge in [-0.15, -0.1) is 11.3 Å². The topological polar surface area (TPSA) is 73.2 Å². The van der Waals surface area contributed by atoms with E-state index in [2.05, 4.69) is 10.3 Å². The van der Waals surface area contributed by atoms with E-state index in [-0.39, 0.29) is 12.5 Å². The van der Waals surface area contributed by atoms with E-state index in [4.69, 9.17) is 4.74 Å². The quantitative estimate of drug-likeness (QED) is 0.726. The molecule has 3 aromatic rings. The molecule has 2 heterocycles. The molecule has 2 aromatic heterocycles. The molecule has 0 saturated heterocycles. The molecule has 0 bridgehead atoms. The van der Waals surface area contributed by atoms with Crippen molar-refractivity contribution in [2.45, 2.75) is 27.3 Å². The molecule has 25 heavy (non-hydrogen) atoms. The van der Waals surface area contributed by atoms with E-state index in [0.717, 1.165) is 27.3 Å². The number of amides is 1. The second-order valence-corrected chi connectivity index (χ2v) is 6.99. The Kier molecular flexibility index (Phi) is 4.59. The van der Waals surface area contributed by atoms with Crippen LogP contribution in [0, 0.1) is 20.8 Å². The normalized spacial score (nSPS) is 10.9. The molecule has 1 N–H and O–H groups in total. The van der Waals surface area contributed by atoms with Gasteiger partial charge in [-0.25, -0.2) is 9.78 Å². The summed E-state index contributed by atoms with van der Waals surface area (Å²) in [5.74, 6) is 0.113. The molecule has 6 nitrogen and oxygen atoms in total. The van der Waals surface area contributed by atoms with Crippen molar-refractivity contribution in [1.29, 1.82) is 0 Å². The third-order valence-electron chi connectivity index (χ3n) is 4.17. The van der Waals surface area contributed by atoms with Crippen LogP contribution in [0.25, 0.3) is 11.0 Å². The zero-order chi connectivity index (χ0) is 18.1. The third-order valence-corrected chi connectivity index (χ3v) is 5.30. The average molecular weight is 357 g/mol. The highest BCUT2D eigenvalue weighted by molar-refractivity contribution is 7.16. The van der Waals surface area contributed by atoms with Gasteiger partial charge in [0, 0.05) is 4.88 Å². The molecular weight excluding hydrogens is 338 g/mol. The molecule has 0 aliphatic rings. The van der Waals surface area contributed by atoms with Gasteiger partial charge in [-0.3, -0.25) is 4.79 Å². The Labute approximate surface area is 149 Å². The first-order valence-electron chi connectivity index (χ1n) is 7.82. The van der Waals surface area contributed by atoms with Crippen molar-refractivity contribution in [1.82, 2.24) is 9.55 Å². The Hall–Kier alpha value is -2.67. The van der Waals surface area contributed by atoms with Crippen LogP contribution in [0.1, 0.15) is 26.6 Å². The molecule has 130 valence electrons. The first kappa shape index (κ1) is 17.2. The van der Waals surface area contributed by atoms with Gasteiger partial charge in [-0.05, 0) is 38.5 Å². The number of rotatable bonds is 4. The molecule has 7 heteroatoms. The number of para-hydroxylation sites is 2. The van der Waals surface area contributed by atoms with Crippen LogP contribution in [-0.2, 0) is 16.1 Å². The summed E-state index contributed by atoms with van der Waals surface area (Å²) < 4.78 is 6.69. The monoisotopic (exact) mass is 357 g/mol. The molecule has 1 amide bonds. The van der Waals surface area contributed by atoms with Crippen molar-refractivity contribution < 1.29 is 14.3 Å². The van der Waals surface area contributed by atoms with E-state index in [1.807, 2.05) is 49.6 Å². The van der Waals surface area contributed by atoms with Gasteiger partial charge < -0.3 is 14.6 Å². The summed E-state index contributed by atoms with van der Waals surface area (Å²) in [6.07, 6.45) is 0. The smallest absolute Gasteiger partial charge is 0.341 e. The Bertz CT molecular complexity index is 972. The van der Waals surface area contributed by atoms with Gasteiger partial charge in [0.2, 0.25) is 5.91 Å². The summed E-state index contributed by atoms with van der Waals surface area (Å²) in [4.78, 5) is 30.0. The first-order valence-corrected chi connectivity index (χ1v) is 8.64. The van der Waals surface area contributed by atoms with Crippen LogP contribution in [0.3, 0.4) is 0 Å². The Morgan fingerprint density at radius 1 is 1.24 bits per heavy atom. The third kappa shape index (κ3) is 3.15. The van der Waals surface area contributed by atoms with Crippen molar-refractivity contribution in [3.05, 3.63) is 46.1 Å². The number of methoxy groups -OCH3 is 1. The number of nitrogens with one attached hydrogen (secondary N) is 1. The minimum absolute atomic E-state index is 0.128. The van der Waals surface area contributed by atoms with Gasteiger partial charge in [0.25, 0.3) is 0 Å². The zero-order valence-electron chi connectivity index (χ0n) is 14.5. The lowest BCUT2D eigenvalue weighted by Crippen LogP contribution is -2.20. The van der Waals surface area contributed by atoms with Crippen LogP contribution in [0.4, 0.5) is 5.00 Å². The number of hydrogen-bond acceptors (Lipinski definition) is 5. The highest BCUT2D eigenvalue weighted by Gasteiger charge is 2.22. The minimum atomic E-state index is -0.443. The fourth-order valence-electron chi connectivity index (χ4n) is 2.77. The second-order valence-electron chi connectivity index (χ2n) is 5.76. The van der Waals surface area contributed by atoms with Crippen LogP contribution >= 0.6 is 11.3 Å². The molecule has 0 fully saturated rings. The first-order chi connectivity index (χ1) is 11.9. The summed E-state index contributed by atoms with van der Waals surface area (Å²) in [5.41, 5.74) is 3.01. The van der Waals surface area contributed by atoms with Crippen LogP contribution < -0.4 is 5.32 Å². The largest absolute Gasteiger partial charge is 0.465 e. The molecule has 0 spiro atoms. The molecular formula is C18H19N3O3S. The summed E-state index contributed by atoms with van der Waals surface area (Å²) in [6, 6.07) is 7.68. The number of aryl methyl sites for hydroxylation is 2. The molecule has 0 aliphatic heterocycles. The second kappa shape index (κ2) is 6.68. The number of thiophene rings is 1. The van der Waals surface area contributed by atoms with Gasteiger partial charge in [-0.1, -0.05) is 12.1 Å². The van der Waals surface area contributed by atoms with Gasteiger partial charge in [0.1, 0.15) is 17.4 Å². The van der Waals surface area contributed by atoms with Gasteiger partial charge in [0.15, 0.2) is 0 Å². The van der Waals surface area contributed by atoms with Crippen LogP contribution in [0.2, 0.25) is 0 Å². The van der Waals surface area contributed by atoms with Crippen LogP contribution in [-0.4, -0.2) is 28.5 Å². The fourth-order valence-corrected chi connectivity index (χ4v) is 3.83. The van der Waals surface area contributed by atoms with Gasteiger partial charge in [-0.2, -0.15) is 0 Å². The number of ether oxygens (including phenoxy) is 1. The number of hydrogen-bond donors (Lipinski definition) is 1. The minimum Gasteiger partial charge on any atom is -0.465 e. The van der Waals surface area contributed by atoms with E-state index in [1.165, 1.54) is 18.4 Å². The van der Waals surface area contributed by atoms with E-state index >= 15 is 0 Å². The Balaban J connectivity index is 1.87. The lowest BCUT2D eigenvalue weighted by molar-refractivity contribution is -0.116. The number of aromatic nitrogens is 2. The van der Waals surface area contributed by atoms with Crippen molar-refractivity contribution in [2.75, 3.05) is 12.4 Å². The lowest BCUT2D eigenvalue weighted by atomic mass is 10.1. The van der Waals surface area contributed by atoms with Crippen LogP contribution in [0.5, 0.6) is 0 Å². The Morgan fingerprint density at radius 3 is 2.68 bits per heavy atom. The molecule has 0 radical (unpaired) electrons. The maximum absolute atomic E-state index is 12.6. The van der Waals surface area contributed by atoms with E-state index < -0.39 is 5.97 Å². The molecule has 0 atom stereocenters. The highest BCUT2D eigenvalue weighted by atomic mass is 32.1. The van der Waals surface area contributed by atoms with Gasteiger partial charge in [0.05, 0.1) is 23.7 Å². The molecule has 0 unspecified atom stereocenters. The number of fused-ring (bicyclic) bond motifs is 1. The summed E-state index contributed by atoms with van der Waals surface area (Å²) in [6.45, 7) is 5.76. The van der Waals surface area contributed by atoms with Crippen molar-refractivity contribution in [3.8, 4) is 0 Å². The van der Waals surface area contributed by atoms with Crippen molar-refractivity contribution >= 4 is 39.2 Å². The number of anilines is 1. The maximum Gasteiger partial charge on any atom is 0.341 e. The van der Waals surface area contributed by atoms with Crippen molar-refractivity contribution in [3.63, 3.8) is 0 Å². The van der Waals surface area contributed by atoms with Crippen LogP contribution in [0.15, 0.2) is 24.3 Å². The Morgan fingerprint density at radius 2 is 1.96 bits per heavy atom. The van der Waals surface area contributed by atoms with E-state index in [1.54, 1.807) is 0 Å². The predicted octanol–water partition coefficient (Wildman–Crippen LogP) is 3.45. The number of imidazole rings is 1. The summed E-state index contributed by atoms with van der Waals surface area (Å²) >= 11 is 1.38.